The molecule has 0 aliphatic carbocycles. The number of benzene rings is 1. The quantitative estimate of drug-likeness (QED) is 0.661. The number of nitrogens with zero attached hydrogens (tertiary/aromatic N) is 2. The van der Waals surface area contributed by atoms with Crippen molar-refractivity contribution in [2.75, 3.05) is 6.61 Å². The molecule has 0 radical (unpaired) electrons. The summed E-state index contributed by atoms with van der Waals surface area (Å²) in [4.78, 5) is 4.10. The molecule has 0 N–H and O–H groups in total. The van der Waals surface area contributed by atoms with Gasteiger partial charge in [0.25, 0.3) is 0 Å². The average molecular weight is 404 g/mol. The van der Waals surface area contributed by atoms with Crippen molar-refractivity contribution in [2.45, 2.75) is 45.1 Å². The Bertz CT molecular complexity index is 698. The van der Waals surface area contributed by atoms with E-state index in [-0.39, 0.29) is 6.10 Å². The Labute approximate surface area is 163 Å². The molecule has 0 bridgehead atoms. The fourth-order valence-corrected chi connectivity index (χ4v) is 3.99. The van der Waals surface area contributed by atoms with E-state index in [1.807, 2.05) is 10.8 Å². The van der Waals surface area contributed by atoms with Gasteiger partial charge >= 0.3 is 0 Å². The number of hydrogen-bond acceptors (Lipinski definition) is 3. The molecule has 2 unspecified atom stereocenters. The number of ether oxygens (including phenoxy) is 2. The predicted octanol–water partition coefficient (Wildman–Crippen LogP) is 5.24. The molecule has 1 saturated heterocycles. The van der Waals surface area contributed by atoms with E-state index >= 15 is 0 Å². The molecule has 0 saturated carbocycles. The molecular weight excluding hydrogens is 383 g/mol. The summed E-state index contributed by atoms with van der Waals surface area (Å²) >= 11 is 18.6. The molecular formula is C18H21Cl3N2O2. The normalized spacial score (nSPS) is 23.5. The van der Waals surface area contributed by atoms with E-state index in [9.17, 15) is 0 Å². The largest absolute Gasteiger partial charge is 0.345 e. The molecule has 1 aliphatic rings. The first-order valence-corrected chi connectivity index (χ1v) is 9.43. The highest BCUT2D eigenvalue weighted by molar-refractivity contribution is 6.39. The molecule has 4 nitrogen and oxygen atoms in total. The summed E-state index contributed by atoms with van der Waals surface area (Å²) < 4.78 is 14.4. The second kappa shape index (κ2) is 7.85. The lowest BCUT2D eigenvalue weighted by molar-refractivity contribution is -0.185. The molecule has 3 rings (SSSR count). The molecule has 136 valence electrons. The molecule has 0 amide bonds. The van der Waals surface area contributed by atoms with Gasteiger partial charge in [0.05, 0.1) is 25.6 Å². The monoisotopic (exact) mass is 402 g/mol. The fraction of sp³-hybridized carbons (Fsp3) is 0.500. The second-order valence-electron chi connectivity index (χ2n) is 6.71. The lowest BCUT2D eigenvalue weighted by Gasteiger charge is -2.29. The Morgan fingerprint density at radius 3 is 2.56 bits per heavy atom. The van der Waals surface area contributed by atoms with Gasteiger partial charge in [-0.3, -0.25) is 0 Å². The molecule has 2 atom stereocenters. The maximum absolute atomic E-state index is 6.33. The van der Waals surface area contributed by atoms with E-state index in [4.69, 9.17) is 44.3 Å². The van der Waals surface area contributed by atoms with Crippen LogP contribution in [0.1, 0.15) is 25.8 Å². The highest BCUT2D eigenvalue weighted by Crippen LogP contribution is 2.36. The summed E-state index contributed by atoms with van der Waals surface area (Å²) in [6.07, 6.45) is 6.75. The fourth-order valence-electron chi connectivity index (χ4n) is 2.98. The van der Waals surface area contributed by atoms with Crippen LogP contribution in [0.4, 0.5) is 0 Å². The van der Waals surface area contributed by atoms with Crippen molar-refractivity contribution in [3.63, 3.8) is 0 Å². The lowest BCUT2D eigenvalue weighted by Crippen LogP contribution is -2.37. The van der Waals surface area contributed by atoms with Gasteiger partial charge in [-0.2, -0.15) is 0 Å². The van der Waals surface area contributed by atoms with E-state index in [0.717, 1.165) is 5.56 Å². The Morgan fingerprint density at radius 2 is 2.00 bits per heavy atom. The Kier molecular flexibility index (Phi) is 5.96. The third kappa shape index (κ3) is 4.50. The van der Waals surface area contributed by atoms with Gasteiger partial charge in [0.2, 0.25) is 0 Å². The molecule has 2 heterocycles. The van der Waals surface area contributed by atoms with Crippen molar-refractivity contribution in [1.82, 2.24) is 9.55 Å². The summed E-state index contributed by atoms with van der Waals surface area (Å²) in [5, 5.41) is 1.66. The minimum Gasteiger partial charge on any atom is -0.345 e. The first-order chi connectivity index (χ1) is 11.9. The Morgan fingerprint density at radius 1 is 1.28 bits per heavy atom. The minimum atomic E-state index is -0.720. The second-order valence-corrected chi connectivity index (χ2v) is 7.96. The maximum Gasteiger partial charge on any atom is 0.187 e. The van der Waals surface area contributed by atoms with Crippen LogP contribution in [0.2, 0.25) is 15.1 Å². The van der Waals surface area contributed by atoms with E-state index < -0.39 is 5.79 Å². The van der Waals surface area contributed by atoms with Crippen LogP contribution in [0.5, 0.6) is 0 Å². The van der Waals surface area contributed by atoms with Crippen LogP contribution in [0, 0.1) is 5.92 Å². The zero-order chi connectivity index (χ0) is 18.0. The lowest BCUT2D eigenvalue weighted by atomic mass is 10.0. The highest BCUT2D eigenvalue weighted by atomic mass is 35.5. The molecule has 1 fully saturated rings. The van der Waals surface area contributed by atoms with Crippen LogP contribution >= 0.6 is 34.8 Å². The van der Waals surface area contributed by atoms with Crippen molar-refractivity contribution in [3.05, 3.63) is 51.5 Å². The molecule has 1 aromatic heterocycles. The van der Waals surface area contributed by atoms with Crippen molar-refractivity contribution < 1.29 is 9.47 Å². The number of imidazole rings is 1. The first kappa shape index (κ1) is 19.0. The van der Waals surface area contributed by atoms with Crippen LogP contribution in [0.3, 0.4) is 0 Å². The SMILES string of the molecule is CC(C)C1COC(CCc2c(Cl)cc(Cl)cc2Cl)(Cn2ccnc2)O1. The number of hydrogen-bond donors (Lipinski definition) is 0. The van der Waals surface area contributed by atoms with Crippen molar-refractivity contribution in [1.29, 1.82) is 0 Å². The first-order valence-electron chi connectivity index (χ1n) is 8.29. The van der Waals surface area contributed by atoms with Gasteiger partial charge < -0.3 is 14.0 Å². The standard InChI is InChI=1S/C18H21Cl3N2O2/c1-12(2)17-9-24-18(25-17,10-23-6-5-22-11-23)4-3-14-15(20)7-13(19)8-16(14)21/h5-8,11-12,17H,3-4,9-10H2,1-2H3. The van der Waals surface area contributed by atoms with Crippen LogP contribution in [-0.2, 0) is 22.4 Å². The number of rotatable bonds is 6. The minimum absolute atomic E-state index is 0.0692. The van der Waals surface area contributed by atoms with Gasteiger partial charge in [0.15, 0.2) is 5.79 Å². The number of halogens is 3. The van der Waals surface area contributed by atoms with Crippen LogP contribution in [0.15, 0.2) is 30.9 Å². The van der Waals surface area contributed by atoms with Gasteiger partial charge in [-0.05, 0) is 30.0 Å². The van der Waals surface area contributed by atoms with Crippen molar-refractivity contribution >= 4 is 34.8 Å². The summed E-state index contributed by atoms with van der Waals surface area (Å²) in [7, 11) is 0. The summed E-state index contributed by atoms with van der Waals surface area (Å²) in [6, 6.07) is 3.42. The van der Waals surface area contributed by atoms with E-state index in [1.54, 1.807) is 24.7 Å². The summed E-state index contributed by atoms with van der Waals surface area (Å²) in [6.45, 7) is 5.41. The van der Waals surface area contributed by atoms with Gasteiger partial charge in [0, 0.05) is 33.9 Å². The van der Waals surface area contributed by atoms with Crippen LogP contribution in [0.25, 0.3) is 0 Å². The maximum atomic E-state index is 6.33. The molecule has 0 spiro atoms. The third-order valence-electron chi connectivity index (χ3n) is 4.46. The van der Waals surface area contributed by atoms with Crippen LogP contribution in [-0.4, -0.2) is 28.0 Å². The van der Waals surface area contributed by atoms with Crippen molar-refractivity contribution in [3.8, 4) is 0 Å². The van der Waals surface area contributed by atoms with Gasteiger partial charge in [-0.15, -0.1) is 0 Å². The smallest absolute Gasteiger partial charge is 0.187 e. The molecule has 2 aromatic rings. The number of aromatic nitrogens is 2. The molecule has 25 heavy (non-hydrogen) atoms. The molecule has 1 aliphatic heterocycles. The zero-order valence-electron chi connectivity index (χ0n) is 14.2. The van der Waals surface area contributed by atoms with E-state index in [2.05, 4.69) is 18.8 Å². The molecule has 7 heteroatoms. The van der Waals surface area contributed by atoms with E-state index in [1.165, 1.54) is 0 Å². The summed E-state index contributed by atoms with van der Waals surface area (Å²) in [5.74, 6) is -0.338. The predicted molar refractivity (Wildman–Crippen MR) is 100 cm³/mol. The Hall–Kier alpha value is -0.780. The summed E-state index contributed by atoms with van der Waals surface area (Å²) in [5.41, 5.74) is 0.859. The van der Waals surface area contributed by atoms with Gasteiger partial charge in [0.1, 0.15) is 0 Å². The van der Waals surface area contributed by atoms with Gasteiger partial charge in [-0.1, -0.05) is 48.7 Å². The molecule has 1 aromatic carbocycles. The average Bonchev–Trinajstić information content (AvgIpc) is 3.17. The van der Waals surface area contributed by atoms with E-state index in [0.29, 0.717) is 47.0 Å². The third-order valence-corrected chi connectivity index (χ3v) is 5.36. The van der Waals surface area contributed by atoms with Crippen LogP contribution < -0.4 is 0 Å². The highest BCUT2D eigenvalue weighted by Gasteiger charge is 2.42. The van der Waals surface area contributed by atoms with Gasteiger partial charge in [-0.25, -0.2) is 4.98 Å². The topological polar surface area (TPSA) is 36.3 Å². The van der Waals surface area contributed by atoms with Crippen molar-refractivity contribution in [2.24, 2.45) is 5.92 Å². The zero-order valence-corrected chi connectivity index (χ0v) is 16.5. The Balaban J connectivity index is 1.79.